The SMILES string of the molecule is c1ccc(-c2cccc(-n3c4ccc(-c5ccc6oc7ccccc7c6c5)cc4c4ccc(-c5ccc6ccccc6c5)cc43)n2)cc1. The third-order valence-electron chi connectivity index (χ3n) is 9.59. The standard InChI is InChI=1S/C45H28N2O/c1-2-10-30(11-3-1)40-14-8-16-45(46-40)47-41-23-20-33(34-21-24-44-39(27-34)37-13-6-7-15-43(37)48-44)26-38(41)36-22-19-35(28-42(36)47)32-18-17-29-9-4-5-12-31(29)25-32/h1-28H. The molecule has 0 saturated heterocycles. The average molecular weight is 613 g/mol. The van der Waals surface area contributed by atoms with Crippen LogP contribution in [0.25, 0.3) is 93.8 Å². The molecule has 0 aliphatic heterocycles. The first-order valence-electron chi connectivity index (χ1n) is 16.3. The summed E-state index contributed by atoms with van der Waals surface area (Å²) in [6.07, 6.45) is 0. The summed E-state index contributed by atoms with van der Waals surface area (Å²) >= 11 is 0. The van der Waals surface area contributed by atoms with Crippen molar-refractivity contribution in [2.75, 3.05) is 0 Å². The molecule has 10 aromatic rings. The van der Waals surface area contributed by atoms with E-state index in [4.69, 9.17) is 9.40 Å². The van der Waals surface area contributed by atoms with Crippen LogP contribution in [0.4, 0.5) is 0 Å². The predicted molar refractivity (Wildman–Crippen MR) is 200 cm³/mol. The minimum absolute atomic E-state index is 0.894. The second-order valence-electron chi connectivity index (χ2n) is 12.4. The van der Waals surface area contributed by atoms with Crippen molar-refractivity contribution in [1.82, 2.24) is 9.55 Å². The molecule has 0 saturated carbocycles. The Morgan fingerprint density at radius 3 is 1.98 bits per heavy atom. The van der Waals surface area contributed by atoms with E-state index in [0.717, 1.165) is 55.6 Å². The van der Waals surface area contributed by atoms with Crippen LogP contribution in [0, 0.1) is 0 Å². The van der Waals surface area contributed by atoms with Crippen molar-refractivity contribution in [3.8, 4) is 39.3 Å². The Balaban J connectivity index is 1.20. The summed E-state index contributed by atoms with van der Waals surface area (Å²) in [6.45, 7) is 0. The number of hydrogen-bond donors (Lipinski definition) is 0. The quantitative estimate of drug-likeness (QED) is 0.198. The van der Waals surface area contributed by atoms with Gasteiger partial charge in [0.1, 0.15) is 17.0 Å². The number of aromatic nitrogens is 2. The van der Waals surface area contributed by atoms with Crippen molar-refractivity contribution >= 4 is 54.5 Å². The molecule has 3 heterocycles. The van der Waals surface area contributed by atoms with E-state index in [1.54, 1.807) is 0 Å². The number of rotatable bonds is 4. The molecule has 0 spiro atoms. The van der Waals surface area contributed by atoms with Gasteiger partial charge in [-0.1, -0.05) is 115 Å². The highest BCUT2D eigenvalue weighted by Crippen LogP contribution is 2.39. The maximum atomic E-state index is 6.13. The molecular weight excluding hydrogens is 585 g/mol. The number of para-hydroxylation sites is 1. The lowest BCUT2D eigenvalue weighted by atomic mass is 9.99. The zero-order valence-electron chi connectivity index (χ0n) is 26.0. The average Bonchev–Trinajstić information content (AvgIpc) is 3.69. The van der Waals surface area contributed by atoms with Crippen molar-refractivity contribution in [2.45, 2.75) is 0 Å². The Kier molecular flexibility index (Phi) is 5.87. The van der Waals surface area contributed by atoms with Crippen LogP contribution in [-0.2, 0) is 0 Å². The van der Waals surface area contributed by atoms with Crippen LogP contribution in [0.5, 0.6) is 0 Å². The predicted octanol–water partition coefficient (Wildman–Crippen LogP) is 12.2. The number of benzene rings is 7. The first-order valence-corrected chi connectivity index (χ1v) is 16.3. The van der Waals surface area contributed by atoms with E-state index in [2.05, 4.69) is 156 Å². The molecule has 0 atom stereocenters. The fourth-order valence-electron chi connectivity index (χ4n) is 7.22. The van der Waals surface area contributed by atoms with Gasteiger partial charge < -0.3 is 4.42 Å². The fraction of sp³-hybridized carbons (Fsp3) is 0. The summed E-state index contributed by atoms with van der Waals surface area (Å²) in [6, 6.07) is 60.3. The van der Waals surface area contributed by atoms with Crippen LogP contribution in [0.1, 0.15) is 0 Å². The highest BCUT2D eigenvalue weighted by molar-refractivity contribution is 6.12. The fourth-order valence-corrected chi connectivity index (χ4v) is 7.22. The third kappa shape index (κ3) is 4.25. The van der Waals surface area contributed by atoms with Crippen LogP contribution in [0.3, 0.4) is 0 Å². The molecule has 0 aliphatic rings. The van der Waals surface area contributed by atoms with Crippen LogP contribution >= 0.6 is 0 Å². The van der Waals surface area contributed by atoms with Gasteiger partial charge in [0, 0.05) is 27.1 Å². The zero-order chi connectivity index (χ0) is 31.6. The van der Waals surface area contributed by atoms with Gasteiger partial charge in [0.25, 0.3) is 0 Å². The molecule has 0 N–H and O–H groups in total. The molecule has 10 rings (SSSR count). The van der Waals surface area contributed by atoms with Gasteiger partial charge in [-0.05, 0) is 87.6 Å². The minimum Gasteiger partial charge on any atom is -0.456 e. The van der Waals surface area contributed by atoms with Gasteiger partial charge in [0.15, 0.2) is 0 Å². The summed E-state index contributed by atoms with van der Waals surface area (Å²) in [5.41, 5.74) is 10.8. The van der Waals surface area contributed by atoms with Gasteiger partial charge in [-0.3, -0.25) is 4.57 Å². The van der Waals surface area contributed by atoms with E-state index in [0.29, 0.717) is 0 Å². The molecular formula is C45H28N2O. The number of fused-ring (bicyclic) bond motifs is 7. The normalized spacial score (nSPS) is 11.8. The number of pyridine rings is 1. The first kappa shape index (κ1) is 26.7. The Morgan fingerprint density at radius 1 is 0.375 bits per heavy atom. The van der Waals surface area contributed by atoms with Crippen molar-refractivity contribution in [2.24, 2.45) is 0 Å². The molecule has 0 amide bonds. The van der Waals surface area contributed by atoms with Crippen molar-refractivity contribution < 1.29 is 4.42 Å². The highest BCUT2D eigenvalue weighted by atomic mass is 16.3. The minimum atomic E-state index is 0.894. The van der Waals surface area contributed by atoms with Gasteiger partial charge in [0.05, 0.1) is 16.7 Å². The molecule has 3 nitrogen and oxygen atoms in total. The summed E-state index contributed by atoms with van der Waals surface area (Å²) in [5.74, 6) is 0.894. The van der Waals surface area contributed by atoms with Crippen molar-refractivity contribution in [3.63, 3.8) is 0 Å². The van der Waals surface area contributed by atoms with Gasteiger partial charge >= 0.3 is 0 Å². The van der Waals surface area contributed by atoms with Crippen molar-refractivity contribution in [1.29, 1.82) is 0 Å². The van der Waals surface area contributed by atoms with Crippen LogP contribution in [-0.4, -0.2) is 9.55 Å². The second-order valence-corrected chi connectivity index (χ2v) is 12.4. The van der Waals surface area contributed by atoms with Crippen LogP contribution < -0.4 is 0 Å². The van der Waals surface area contributed by atoms with E-state index in [9.17, 15) is 0 Å². The molecule has 3 aromatic heterocycles. The molecule has 0 fully saturated rings. The number of hydrogen-bond acceptors (Lipinski definition) is 2. The maximum Gasteiger partial charge on any atom is 0.138 e. The molecule has 0 unspecified atom stereocenters. The maximum absolute atomic E-state index is 6.13. The van der Waals surface area contributed by atoms with Gasteiger partial charge in [-0.15, -0.1) is 0 Å². The lowest BCUT2D eigenvalue weighted by Crippen LogP contribution is -1.98. The van der Waals surface area contributed by atoms with E-state index in [1.807, 2.05) is 18.2 Å². The smallest absolute Gasteiger partial charge is 0.138 e. The highest BCUT2D eigenvalue weighted by Gasteiger charge is 2.17. The first-order chi connectivity index (χ1) is 23.8. The van der Waals surface area contributed by atoms with Crippen LogP contribution in [0.15, 0.2) is 174 Å². The largest absolute Gasteiger partial charge is 0.456 e. The Hall–Kier alpha value is -6.45. The van der Waals surface area contributed by atoms with Gasteiger partial charge in [-0.2, -0.15) is 0 Å². The summed E-state index contributed by atoms with van der Waals surface area (Å²) in [7, 11) is 0. The molecule has 48 heavy (non-hydrogen) atoms. The summed E-state index contributed by atoms with van der Waals surface area (Å²) in [4.78, 5) is 5.22. The zero-order valence-corrected chi connectivity index (χ0v) is 26.0. The Morgan fingerprint density at radius 2 is 1.06 bits per heavy atom. The lowest BCUT2D eigenvalue weighted by Gasteiger charge is -2.11. The molecule has 0 radical (unpaired) electrons. The van der Waals surface area contributed by atoms with E-state index in [1.165, 1.54) is 38.2 Å². The summed E-state index contributed by atoms with van der Waals surface area (Å²) in [5, 5.41) is 7.13. The van der Waals surface area contributed by atoms with Crippen LogP contribution in [0.2, 0.25) is 0 Å². The Labute approximate surface area is 277 Å². The van der Waals surface area contributed by atoms with Crippen molar-refractivity contribution in [3.05, 3.63) is 170 Å². The Bertz CT molecular complexity index is 2840. The number of furan rings is 1. The van der Waals surface area contributed by atoms with E-state index < -0.39 is 0 Å². The molecule has 0 aliphatic carbocycles. The summed E-state index contributed by atoms with van der Waals surface area (Å²) < 4.78 is 8.44. The van der Waals surface area contributed by atoms with E-state index >= 15 is 0 Å². The molecule has 7 aromatic carbocycles. The third-order valence-corrected chi connectivity index (χ3v) is 9.59. The molecule has 224 valence electrons. The van der Waals surface area contributed by atoms with E-state index in [-0.39, 0.29) is 0 Å². The van der Waals surface area contributed by atoms with Gasteiger partial charge in [-0.25, -0.2) is 4.98 Å². The molecule has 0 bridgehead atoms. The second kappa shape index (κ2) is 10.5. The number of nitrogens with zero attached hydrogens (tertiary/aromatic N) is 2. The monoisotopic (exact) mass is 612 g/mol. The topological polar surface area (TPSA) is 31.0 Å². The molecule has 3 heteroatoms. The van der Waals surface area contributed by atoms with Gasteiger partial charge in [0.2, 0.25) is 0 Å². The lowest BCUT2D eigenvalue weighted by molar-refractivity contribution is 0.669.